The van der Waals surface area contributed by atoms with Gasteiger partial charge >= 0.3 is 12.5 Å². The van der Waals surface area contributed by atoms with Crippen LogP contribution in [0.25, 0.3) is 0 Å². The normalized spacial score (nSPS) is 12.4. The number of alkyl halides is 6. The van der Waals surface area contributed by atoms with Crippen LogP contribution in [0.4, 0.5) is 26.3 Å². The van der Waals surface area contributed by atoms with Crippen LogP contribution in [0.15, 0.2) is 6.07 Å². The maximum Gasteiger partial charge on any atom is 0.574 e. The Bertz CT molecular complexity index is 483. The minimum absolute atomic E-state index is 0.0157. The first-order chi connectivity index (χ1) is 8.58. The van der Waals surface area contributed by atoms with Crippen LogP contribution in [0, 0.1) is 0 Å². The van der Waals surface area contributed by atoms with E-state index in [1.54, 1.807) is 0 Å². The molecule has 2 N–H and O–H groups in total. The molecule has 0 saturated carbocycles. The maximum atomic E-state index is 12.5. The first kappa shape index (κ1) is 15.2. The van der Waals surface area contributed by atoms with Gasteiger partial charge in [0.15, 0.2) is 6.29 Å². The number of carbonyl (C=O) groups excluding carboxylic acids is 1. The molecular weight excluding hydrogens is 282 g/mol. The number of carbonyl (C=O) groups is 1. The number of pyridine rings is 1. The van der Waals surface area contributed by atoms with Gasteiger partial charge in [-0.2, -0.15) is 13.2 Å². The Balaban J connectivity index is 3.45. The van der Waals surface area contributed by atoms with Crippen LogP contribution in [-0.4, -0.2) is 17.6 Å². The number of halogens is 6. The maximum absolute atomic E-state index is 12.5. The van der Waals surface area contributed by atoms with Crippen molar-refractivity contribution in [3.63, 3.8) is 0 Å². The van der Waals surface area contributed by atoms with Crippen molar-refractivity contribution in [3.05, 3.63) is 22.9 Å². The van der Waals surface area contributed by atoms with E-state index in [9.17, 15) is 31.1 Å². The zero-order chi connectivity index (χ0) is 14.8. The zero-order valence-electron chi connectivity index (χ0n) is 8.97. The Morgan fingerprint density at radius 3 is 2.21 bits per heavy atom. The summed E-state index contributed by atoms with van der Waals surface area (Å²) in [5.41, 5.74) is 2.30. The van der Waals surface area contributed by atoms with Crippen LogP contribution in [0.2, 0.25) is 0 Å². The van der Waals surface area contributed by atoms with E-state index >= 15 is 0 Å². The van der Waals surface area contributed by atoms with E-state index < -0.39 is 41.8 Å². The first-order valence-electron chi connectivity index (χ1n) is 4.60. The van der Waals surface area contributed by atoms with Crippen molar-refractivity contribution >= 4 is 6.29 Å². The Morgan fingerprint density at radius 1 is 1.26 bits per heavy atom. The molecule has 1 aromatic heterocycles. The molecule has 1 heterocycles. The number of rotatable bonds is 3. The summed E-state index contributed by atoms with van der Waals surface area (Å²) in [6.45, 7) is -0.513. The average molecular weight is 288 g/mol. The van der Waals surface area contributed by atoms with E-state index in [1.807, 2.05) is 0 Å². The Kier molecular flexibility index (Phi) is 4.03. The molecule has 0 saturated heterocycles. The fourth-order valence-electron chi connectivity index (χ4n) is 1.20. The molecule has 0 bridgehead atoms. The number of nitrogens with zero attached hydrogens (tertiary/aromatic N) is 1. The van der Waals surface area contributed by atoms with E-state index in [4.69, 9.17) is 5.73 Å². The average Bonchev–Trinajstić information content (AvgIpc) is 2.24. The summed E-state index contributed by atoms with van der Waals surface area (Å²) in [7, 11) is 0. The molecule has 0 atom stereocenters. The lowest BCUT2D eigenvalue weighted by atomic mass is 10.1. The van der Waals surface area contributed by atoms with Gasteiger partial charge in [-0.1, -0.05) is 0 Å². The molecule has 4 nitrogen and oxygen atoms in total. The number of hydrogen-bond donors (Lipinski definition) is 1. The van der Waals surface area contributed by atoms with Crippen molar-refractivity contribution in [1.29, 1.82) is 0 Å². The van der Waals surface area contributed by atoms with E-state index in [0.717, 1.165) is 0 Å². The molecule has 0 aliphatic carbocycles. The molecular formula is C9H6F6N2O2. The van der Waals surface area contributed by atoms with Crippen LogP contribution < -0.4 is 10.5 Å². The highest BCUT2D eigenvalue weighted by molar-refractivity contribution is 5.77. The van der Waals surface area contributed by atoms with Gasteiger partial charge in [0.2, 0.25) is 5.88 Å². The fraction of sp³-hybridized carbons (Fsp3) is 0.333. The molecule has 10 heteroatoms. The van der Waals surface area contributed by atoms with Gasteiger partial charge in [0.25, 0.3) is 0 Å². The largest absolute Gasteiger partial charge is 0.574 e. The SMILES string of the molecule is NCc1nc(OC(F)(F)F)c(C(F)(F)F)cc1C=O. The van der Waals surface area contributed by atoms with Gasteiger partial charge in [-0.25, -0.2) is 4.98 Å². The summed E-state index contributed by atoms with van der Waals surface area (Å²) in [4.78, 5) is 13.5. The third kappa shape index (κ3) is 3.81. The standard InChI is InChI=1S/C9H6F6N2O2/c10-8(11,12)5-1-4(3-18)6(2-16)17-7(5)19-9(13,14)15/h1,3H,2,16H2. The van der Waals surface area contributed by atoms with Gasteiger partial charge in [-0.05, 0) is 6.07 Å². The molecule has 0 amide bonds. The second kappa shape index (κ2) is 5.03. The first-order valence-corrected chi connectivity index (χ1v) is 4.60. The summed E-state index contributed by atoms with van der Waals surface area (Å²) in [6, 6.07) is 0.212. The predicted octanol–water partition coefficient (Wildman–Crippen LogP) is 2.27. The summed E-state index contributed by atoms with van der Waals surface area (Å²) in [5.74, 6) is -1.69. The summed E-state index contributed by atoms with van der Waals surface area (Å²) < 4.78 is 76.8. The topological polar surface area (TPSA) is 65.2 Å². The number of aromatic nitrogens is 1. The number of ether oxygens (including phenoxy) is 1. The molecule has 106 valence electrons. The predicted molar refractivity (Wildman–Crippen MR) is 49.2 cm³/mol. The molecule has 0 aromatic carbocycles. The van der Waals surface area contributed by atoms with Crippen LogP contribution in [0.1, 0.15) is 21.6 Å². The lowest BCUT2D eigenvalue weighted by Crippen LogP contribution is -2.22. The second-order valence-electron chi connectivity index (χ2n) is 3.24. The van der Waals surface area contributed by atoms with Gasteiger partial charge < -0.3 is 10.5 Å². The molecule has 0 aliphatic rings. The van der Waals surface area contributed by atoms with Gasteiger partial charge in [0.05, 0.1) is 5.69 Å². The Morgan fingerprint density at radius 2 is 1.84 bits per heavy atom. The van der Waals surface area contributed by atoms with Gasteiger partial charge in [-0.15, -0.1) is 13.2 Å². The van der Waals surface area contributed by atoms with Crippen molar-refractivity contribution in [2.75, 3.05) is 0 Å². The third-order valence-corrected chi connectivity index (χ3v) is 1.94. The number of aldehydes is 1. The number of nitrogens with two attached hydrogens (primary N) is 1. The van der Waals surface area contributed by atoms with Gasteiger partial charge in [-0.3, -0.25) is 4.79 Å². The van der Waals surface area contributed by atoms with Crippen molar-refractivity contribution in [3.8, 4) is 5.88 Å². The summed E-state index contributed by atoms with van der Waals surface area (Å²) in [5, 5.41) is 0. The Hall–Kier alpha value is -1.84. The molecule has 1 rings (SSSR count). The zero-order valence-corrected chi connectivity index (χ0v) is 8.97. The van der Waals surface area contributed by atoms with Crippen molar-refractivity contribution in [2.45, 2.75) is 19.1 Å². The van der Waals surface area contributed by atoms with E-state index in [-0.39, 0.29) is 12.4 Å². The van der Waals surface area contributed by atoms with E-state index in [2.05, 4.69) is 9.72 Å². The second-order valence-corrected chi connectivity index (χ2v) is 3.24. The van der Waals surface area contributed by atoms with Crippen LogP contribution in [0.3, 0.4) is 0 Å². The monoisotopic (exact) mass is 288 g/mol. The molecule has 0 unspecified atom stereocenters. The van der Waals surface area contributed by atoms with Crippen molar-refractivity contribution < 1.29 is 35.9 Å². The number of hydrogen-bond acceptors (Lipinski definition) is 4. The molecule has 1 aromatic rings. The summed E-state index contributed by atoms with van der Waals surface area (Å²) in [6.07, 6.45) is -10.5. The van der Waals surface area contributed by atoms with E-state index in [0.29, 0.717) is 0 Å². The lowest BCUT2D eigenvalue weighted by Gasteiger charge is -2.16. The molecule has 0 aliphatic heterocycles. The molecule has 0 spiro atoms. The quantitative estimate of drug-likeness (QED) is 0.684. The lowest BCUT2D eigenvalue weighted by molar-refractivity contribution is -0.277. The molecule has 0 radical (unpaired) electrons. The highest BCUT2D eigenvalue weighted by Crippen LogP contribution is 2.38. The van der Waals surface area contributed by atoms with E-state index in [1.165, 1.54) is 0 Å². The molecule has 0 fully saturated rings. The highest BCUT2D eigenvalue weighted by atomic mass is 19.4. The highest BCUT2D eigenvalue weighted by Gasteiger charge is 2.41. The fourth-order valence-corrected chi connectivity index (χ4v) is 1.20. The van der Waals surface area contributed by atoms with Crippen molar-refractivity contribution in [2.24, 2.45) is 5.73 Å². The molecule has 19 heavy (non-hydrogen) atoms. The minimum atomic E-state index is -5.35. The van der Waals surface area contributed by atoms with Crippen LogP contribution in [0.5, 0.6) is 5.88 Å². The minimum Gasteiger partial charge on any atom is -0.387 e. The van der Waals surface area contributed by atoms with Crippen LogP contribution in [-0.2, 0) is 12.7 Å². The van der Waals surface area contributed by atoms with Crippen LogP contribution >= 0.6 is 0 Å². The van der Waals surface area contributed by atoms with Gasteiger partial charge in [0, 0.05) is 12.1 Å². The Labute approximate surface area is 102 Å². The van der Waals surface area contributed by atoms with Crippen molar-refractivity contribution in [1.82, 2.24) is 4.98 Å². The summed E-state index contributed by atoms with van der Waals surface area (Å²) >= 11 is 0. The third-order valence-electron chi connectivity index (χ3n) is 1.94. The van der Waals surface area contributed by atoms with Gasteiger partial charge in [0.1, 0.15) is 5.56 Å². The smallest absolute Gasteiger partial charge is 0.387 e.